The van der Waals surface area contributed by atoms with Crippen LogP contribution in [0.3, 0.4) is 0 Å². The number of alkyl halides is 3. The van der Waals surface area contributed by atoms with Crippen LogP contribution in [0.5, 0.6) is 0 Å². The van der Waals surface area contributed by atoms with Crippen molar-refractivity contribution < 1.29 is 22.0 Å². The summed E-state index contributed by atoms with van der Waals surface area (Å²) in [6.07, 6.45) is -4.02. The van der Waals surface area contributed by atoms with Gasteiger partial charge >= 0.3 is 6.18 Å². The lowest BCUT2D eigenvalue weighted by Crippen LogP contribution is -2.01. The lowest BCUT2D eigenvalue weighted by molar-refractivity contribution is -0.0696. The van der Waals surface area contributed by atoms with Crippen LogP contribution in [0.15, 0.2) is 36.4 Å². The van der Waals surface area contributed by atoms with Gasteiger partial charge in [-0.1, -0.05) is 31.0 Å². The van der Waals surface area contributed by atoms with Crippen LogP contribution >= 0.6 is 0 Å². The third-order valence-corrected chi connectivity index (χ3v) is 3.06. The van der Waals surface area contributed by atoms with Crippen LogP contribution in [0.2, 0.25) is 0 Å². The minimum absolute atomic E-state index is 0.187. The highest BCUT2D eigenvalue weighted by atomic mass is 19.4. The largest absolute Gasteiger partial charge is 0.458 e. The fraction of sp³-hybridized carbons (Fsp3) is 0.176. The summed E-state index contributed by atoms with van der Waals surface area (Å²) in [4.78, 5) is 0. The second kappa shape index (κ2) is 6.18. The minimum Gasteiger partial charge on any atom is -0.206 e. The molecule has 0 saturated heterocycles. The van der Waals surface area contributed by atoms with Crippen molar-refractivity contribution in [3.63, 3.8) is 0 Å². The second-order valence-electron chi connectivity index (χ2n) is 4.61. The third-order valence-electron chi connectivity index (χ3n) is 3.06. The van der Waals surface area contributed by atoms with E-state index in [-0.39, 0.29) is 16.7 Å². The van der Waals surface area contributed by atoms with Gasteiger partial charge in [0, 0.05) is 11.5 Å². The van der Waals surface area contributed by atoms with Crippen molar-refractivity contribution in [3.05, 3.63) is 59.2 Å². The first-order valence-corrected chi connectivity index (χ1v) is 6.48. The molecule has 0 fully saturated rings. The van der Waals surface area contributed by atoms with Gasteiger partial charge < -0.3 is 0 Å². The van der Waals surface area contributed by atoms with Crippen molar-refractivity contribution in [1.82, 2.24) is 0 Å². The molecule has 0 unspecified atom stereocenters. The maximum atomic E-state index is 14.0. The SMILES string of the molecule is CCc1ccc(-c2ccc(C#CC(F)(F)F)c(F)c2)c(F)c1. The summed E-state index contributed by atoms with van der Waals surface area (Å²) < 4.78 is 63.7. The molecule has 0 N–H and O–H groups in total. The van der Waals surface area contributed by atoms with Gasteiger partial charge in [0.15, 0.2) is 0 Å². The number of hydrogen-bond acceptors (Lipinski definition) is 0. The molecule has 0 bridgehead atoms. The van der Waals surface area contributed by atoms with Crippen LogP contribution < -0.4 is 0 Å². The molecular weight excluding hydrogens is 299 g/mol. The molecule has 0 saturated carbocycles. The van der Waals surface area contributed by atoms with Gasteiger partial charge in [0.25, 0.3) is 0 Å². The molecular formula is C17H11F5. The summed E-state index contributed by atoms with van der Waals surface area (Å²) in [7, 11) is 0. The summed E-state index contributed by atoms with van der Waals surface area (Å²) in [5.41, 5.74) is 0.850. The summed E-state index contributed by atoms with van der Waals surface area (Å²) >= 11 is 0. The van der Waals surface area contributed by atoms with Crippen molar-refractivity contribution in [3.8, 4) is 23.0 Å². The predicted molar refractivity (Wildman–Crippen MR) is 74.1 cm³/mol. The van der Waals surface area contributed by atoms with E-state index >= 15 is 0 Å². The van der Waals surface area contributed by atoms with Gasteiger partial charge in [0.2, 0.25) is 0 Å². The molecule has 0 aliphatic carbocycles. The van der Waals surface area contributed by atoms with Crippen LogP contribution in [-0.2, 0) is 6.42 Å². The molecule has 5 heteroatoms. The Bertz CT molecular complexity index is 748. The van der Waals surface area contributed by atoms with E-state index in [9.17, 15) is 22.0 Å². The summed E-state index contributed by atoms with van der Waals surface area (Å²) in [5.74, 6) is 1.29. The predicted octanol–water partition coefficient (Wildman–Crippen LogP) is 5.11. The first-order chi connectivity index (χ1) is 10.3. The Labute approximate surface area is 124 Å². The Hall–Kier alpha value is -2.35. The average molecular weight is 310 g/mol. The Balaban J connectivity index is 2.39. The van der Waals surface area contributed by atoms with Crippen molar-refractivity contribution in [2.24, 2.45) is 0 Å². The van der Waals surface area contributed by atoms with E-state index in [1.165, 1.54) is 18.2 Å². The van der Waals surface area contributed by atoms with Crippen LogP contribution in [0, 0.1) is 23.5 Å². The minimum atomic E-state index is -4.69. The molecule has 0 radical (unpaired) electrons. The Morgan fingerprint density at radius 1 is 0.955 bits per heavy atom. The van der Waals surface area contributed by atoms with E-state index < -0.39 is 17.8 Å². The zero-order valence-electron chi connectivity index (χ0n) is 11.6. The van der Waals surface area contributed by atoms with Gasteiger partial charge in [0.05, 0.1) is 5.56 Å². The van der Waals surface area contributed by atoms with Crippen LogP contribution in [0.25, 0.3) is 11.1 Å². The number of aryl methyl sites for hydroxylation is 1. The van der Waals surface area contributed by atoms with E-state index in [1.807, 2.05) is 6.92 Å². The number of rotatable bonds is 2. The summed E-state index contributed by atoms with van der Waals surface area (Å²) in [6.45, 7) is 1.88. The monoisotopic (exact) mass is 310 g/mol. The molecule has 0 atom stereocenters. The molecule has 2 aromatic carbocycles. The van der Waals surface area contributed by atoms with Crippen molar-refractivity contribution in [2.75, 3.05) is 0 Å². The fourth-order valence-electron chi connectivity index (χ4n) is 1.93. The highest BCUT2D eigenvalue weighted by molar-refractivity contribution is 5.65. The topological polar surface area (TPSA) is 0 Å². The molecule has 114 valence electrons. The van der Waals surface area contributed by atoms with E-state index in [2.05, 4.69) is 0 Å². The van der Waals surface area contributed by atoms with Crippen molar-refractivity contribution in [2.45, 2.75) is 19.5 Å². The quantitative estimate of drug-likeness (QED) is 0.534. The Morgan fingerprint density at radius 2 is 1.68 bits per heavy atom. The van der Waals surface area contributed by atoms with Gasteiger partial charge in [-0.15, -0.1) is 0 Å². The molecule has 2 aromatic rings. The van der Waals surface area contributed by atoms with Crippen molar-refractivity contribution in [1.29, 1.82) is 0 Å². The first kappa shape index (κ1) is 16.0. The standard InChI is InChI=1S/C17H11F5/c1-2-11-3-6-14(16(19)9-11)13-5-4-12(15(18)10-13)7-8-17(20,21)22/h3-6,9-10H,2H2,1H3. The molecule has 0 heterocycles. The maximum absolute atomic E-state index is 14.0. The van der Waals surface area contributed by atoms with Gasteiger partial charge in [-0.25, -0.2) is 8.78 Å². The van der Waals surface area contributed by atoms with Gasteiger partial charge in [0.1, 0.15) is 11.6 Å². The van der Waals surface area contributed by atoms with E-state index in [0.29, 0.717) is 6.42 Å². The molecule has 0 aliphatic rings. The molecule has 22 heavy (non-hydrogen) atoms. The summed E-state index contributed by atoms with van der Waals surface area (Å²) in [5, 5.41) is 0. The van der Waals surface area contributed by atoms with Crippen LogP contribution in [0.1, 0.15) is 18.1 Å². The fourth-order valence-corrected chi connectivity index (χ4v) is 1.93. The first-order valence-electron chi connectivity index (χ1n) is 6.48. The van der Waals surface area contributed by atoms with E-state index in [0.717, 1.165) is 23.6 Å². The normalized spacial score (nSPS) is 11.0. The van der Waals surface area contributed by atoms with Crippen molar-refractivity contribution >= 4 is 0 Å². The highest BCUT2D eigenvalue weighted by Gasteiger charge is 2.23. The summed E-state index contributed by atoms with van der Waals surface area (Å²) in [6, 6.07) is 8.01. The molecule has 0 aromatic heterocycles. The average Bonchev–Trinajstić information content (AvgIpc) is 2.44. The smallest absolute Gasteiger partial charge is 0.206 e. The van der Waals surface area contributed by atoms with Crippen LogP contribution in [-0.4, -0.2) is 6.18 Å². The van der Waals surface area contributed by atoms with Crippen LogP contribution in [0.4, 0.5) is 22.0 Å². The van der Waals surface area contributed by atoms with Gasteiger partial charge in [-0.3, -0.25) is 0 Å². The molecule has 0 amide bonds. The molecule has 0 aliphatic heterocycles. The number of halogens is 5. The Kier molecular flexibility index (Phi) is 4.51. The highest BCUT2D eigenvalue weighted by Crippen LogP contribution is 2.26. The lowest BCUT2D eigenvalue weighted by Gasteiger charge is -2.06. The molecule has 0 nitrogen and oxygen atoms in total. The number of hydrogen-bond donors (Lipinski definition) is 0. The van der Waals surface area contributed by atoms with E-state index in [1.54, 1.807) is 12.0 Å². The van der Waals surface area contributed by atoms with Gasteiger partial charge in [-0.05, 0) is 35.7 Å². The number of benzene rings is 2. The maximum Gasteiger partial charge on any atom is 0.458 e. The van der Waals surface area contributed by atoms with E-state index in [4.69, 9.17) is 0 Å². The molecule has 2 rings (SSSR count). The zero-order chi connectivity index (χ0) is 16.3. The Morgan fingerprint density at radius 3 is 2.23 bits per heavy atom. The lowest BCUT2D eigenvalue weighted by atomic mass is 10.0. The zero-order valence-corrected chi connectivity index (χ0v) is 11.6. The second-order valence-corrected chi connectivity index (χ2v) is 4.61. The van der Waals surface area contributed by atoms with Gasteiger partial charge in [-0.2, -0.15) is 13.2 Å². The molecule has 0 spiro atoms. The third kappa shape index (κ3) is 3.85.